The Hall–Kier alpha value is -1.43. The second-order valence-electron chi connectivity index (χ2n) is 6.23. The van der Waals surface area contributed by atoms with Gasteiger partial charge in [0.2, 0.25) is 5.91 Å². The maximum Gasteiger partial charge on any atom is 0.247 e. The summed E-state index contributed by atoms with van der Waals surface area (Å²) in [6.45, 7) is 4.78. The number of amides is 1. The average Bonchev–Trinajstić information content (AvgIpc) is 2.46. The monoisotopic (exact) mass is 289 g/mol. The van der Waals surface area contributed by atoms with Gasteiger partial charge in [-0.15, -0.1) is 0 Å². The maximum atomic E-state index is 12.5. The van der Waals surface area contributed by atoms with E-state index >= 15 is 0 Å². The van der Waals surface area contributed by atoms with Crippen molar-refractivity contribution in [3.8, 4) is 0 Å². The van der Waals surface area contributed by atoms with Gasteiger partial charge in [-0.25, -0.2) is 0 Å². The molecular formula is C16H23N3O2. The molecule has 5 nitrogen and oxygen atoms in total. The van der Waals surface area contributed by atoms with Crippen molar-refractivity contribution in [3.05, 3.63) is 29.3 Å². The van der Waals surface area contributed by atoms with E-state index in [0.717, 1.165) is 38.2 Å². The molecule has 1 aromatic carbocycles. The van der Waals surface area contributed by atoms with E-state index in [1.165, 1.54) is 11.1 Å². The molecule has 0 spiro atoms. The normalized spacial score (nSPS) is 26.0. The molecule has 5 heteroatoms. The first-order valence-corrected chi connectivity index (χ1v) is 7.46. The van der Waals surface area contributed by atoms with Crippen LogP contribution in [0.1, 0.15) is 24.5 Å². The van der Waals surface area contributed by atoms with Gasteiger partial charge in [0.1, 0.15) is 5.54 Å². The number of hydroxylamine groups is 2. The number of carbonyl (C=O) groups is 1. The Labute approximate surface area is 125 Å². The van der Waals surface area contributed by atoms with E-state index in [4.69, 9.17) is 4.84 Å². The van der Waals surface area contributed by atoms with Gasteiger partial charge >= 0.3 is 0 Å². The van der Waals surface area contributed by atoms with Crippen LogP contribution in [0.15, 0.2) is 18.2 Å². The largest absolute Gasteiger partial charge is 0.324 e. The lowest BCUT2D eigenvalue weighted by molar-refractivity contribution is -0.244. The molecule has 1 amide bonds. The van der Waals surface area contributed by atoms with E-state index in [2.05, 4.69) is 29.4 Å². The molecule has 1 fully saturated rings. The van der Waals surface area contributed by atoms with Gasteiger partial charge in [-0.2, -0.15) is 5.06 Å². The Balaban J connectivity index is 1.72. The average molecular weight is 289 g/mol. The first-order valence-electron chi connectivity index (χ1n) is 7.46. The quantitative estimate of drug-likeness (QED) is 0.919. The number of likely N-dealkylation sites (N-methyl/N-ethyl adjacent to an activating group) is 1. The molecule has 1 saturated heterocycles. The van der Waals surface area contributed by atoms with Crippen molar-refractivity contribution < 1.29 is 9.63 Å². The van der Waals surface area contributed by atoms with Crippen molar-refractivity contribution >= 4 is 11.6 Å². The number of hydrogen-bond acceptors (Lipinski definition) is 4. The summed E-state index contributed by atoms with van der Waals surface area (Å²) in [4.78, 5) is 20.0. The van der Waals surface area contributed by atoms with Crippen LogP contribution in [-0.2, 0) is 22.6 Å². The highest BCUT2D eigenvalue weighted by Gasteiger charge is 2.47. The topological polar surface area (TPSA) is 44.8 Å². The summed E-state index contributed by atoms with van der Waals surface area (Å²) in [6.07, 6.45) is 1.86. The minimum atomic E-state index is -0.551. The van der Waals surface area contributed by atoms with Crippen LogP contribution in [0, 0.1) is 0 Å². The molecule has 1 unspecified atom stereocenters. The third kappa shape index (κ3) is 2.57. The molecule has 1 atom stereocenters. The van der Waals surface area contributed by atoms with Crippen LogP contribution in [-0.4, -0.2) is 48.7 Å². The van der Waals surface area contributed by atoms with E-state index in [1.807, 2.05) is 13.0 Å². The summed E-state index contributed by atoms with van der Waals surface area (Å²) in [5, 5.41) is 4.77. The molecule has 2 aliphatic heterocycles. The van der Waals surface area contributed by atoms with Gasteiger partial charge in [0.25, 0.3) is 0 Å². The molecule has 2 heterocycles. The van der Waals surface area contributed by atoms with Crippen LogP contribution in [0.3, 0.4) is 0 Å². The molecule has 21 heavy (non-hydrogen) atoms. The van der Waals surface area contributed by atoms with E-state index in [-0.39, 0.29) is 5.91 Å². The first-order chi connectivity index (χ1) is 10.0. The second-order valence-corrected chi connectivity index (χ2v) is 6.23. The van der Waals surface area contributed by atoms with E-state index < -0.39 is 5.54 Å². The molecule has 1 N–H and O–H groups in total. The van der Waals surface area contributed by atoms with Gasteiger partial charge in [-0.3, -0.25) is 4.79 Å². The van der Waals surface area contributed by atoms with Crippen molar-refractivity contribution in [2.45, 2.75) is 31.8 Å². The standard InChI is InChI=1S/C16H23N3O2/c1-16(7-9-19(16)21-3)15(20)17-14-5-4-13-11-18(2)8-6-12(13)10-14/h4-5,10H,6-9,11H2,1-3H3,(H,17,20). The fourth-order valence-corrected chi connectivity index (χ4v) is 3.10. The summed E-state index contributed by atoms with van der Waals surface area (Å²) >= 11 is 0. The van der Waals surface area contributed by atoms with Gasteiger partial charge in [0.05, 0.1) is 7.11 Å². The molecule has 2 aliphatic rings. The summed E-state index contributed by atoms with van der Waals surface area (Å²) in [5.74, 6) is 0.00322. The SMILES string of the molecule is CON1CCC1(C)C(=O)Nc1ccc2c(c1)CCN(C)C2. The van der Waals surface area contributed by atoms with Crippen LogP contribution in [0.5, 0.6) is 0 Å². The molecule has 0 aromatic heterocycles. The predicted octanol–water partition coefficient (Wildman–Crippen LogP) is 1.64. The minimum absolute atomic E-state index is 0.00322. The Morgan fingerprint density at radius 2 is 2.14 bits per heavy atom. The second kappa shape index (κ2) is 5.40. The number of carbonyl (C=O) groups excluding carboxylic acids is 1. The van der Waals surface area contributed by atoms with E-state index in [1.54, 1.807) is 12.2 Å². The number of benzene rings is 1. The summed E-state index contributed by atoms with van der Waals surface area (Å²) < 4.78 is 0. The van der Waals surface area contributed by atoms with Crippen LogP contribution in [0.25, 0.3) is 0 Å². The Morgan fingerprint density at radius 1 is 1.33 bits per heavy atom. The van der Waals surface area contributed by atoms with E-state index in [0.29, 0.717) is 0 Å². The highest BCUT2D eigenvalue weighted by atomic mass is 16.7. The maximum absolute atomic E-state index is 12.5. The first kappa shape index (κ1) is 14.5. The Kier molecular flexibility index (Phi) is 3.73. The van der Waals surface area contributed by atoms with Gasteiger partial charge in [-0.1, -0.05) is 6.07 Å². The molecule has 1 aromatic rings. The molecular weight excluding hydrogens is 266 g/mol. The fourth-order valence-electron chi connectivity index (χ4n) is 3.10. The van der Waals surface area contributed by atoms with Crippen molar-refractivity contribution in [2.24, 2.45) is 0 Å². The predicted molar refractivity (Wildman–Crippen MR) is 81.8 cm³/mol. The molecule has 0 radical (unpaired) electrons. The van der Waals surface area contributed by atoms with Gasteiger partial charge < -0.3 is 15.1 Å². The van der Waals surface area contributed by atoms with Crippen molar-refractivity contribution in [2.75, 3.05) is 32.6 Å². The number of fused-ring (bicyclic) bond motifs is 1. The minimum Gasteiger partial charge on any atom is -0.324 e. The molecule has 114 valence electrons. The zero-order valence-corrected chi connectivity index (χ0v) is 13.0. The fraction of sp³-hybridized carbons (Fsp3) is 0.562. The van der Waals surface area contributed by atoms with Gasteiger partial charge in [0.15, 0.2) is 0 Å². The number of anilines is 1. The zero-order valence-electron chi connectivity index (χ0n) is 13.0. The van der Waals surface area contributed by atoms with Gasteiger partial charge in [0, 0.05) is 25.3 Å². The Morgan fingerprint density at radius 3 is 2.81 bits per heavy atom. The summed E-state index contributed by atoms with van der Waals surface area (Å²) in [5.41, 5.74) is 3.03. The van der Waals surface area contributed by atoms with Gasteiger partial charge in [-0.05, 0) is 50.1 Å². The van der Waals surface area contributed by atoms with Crippen molar-refractivity contribution in [3.63, 3.8) is 0 Å². The third-order valence-corrected chi connectivity index (χ3v) is 4.73. The lowest BCUT2D eigenvalue weighted by Crippen LogP contribution is -2.63. The third-order valence-electron chi connectivity index (χ3n) is 4.73. The molecule has 0 aliphatic carbocycles. The zero-order chi connectivity index (χ0) is 15.0. The van der Waals surface area contributed by atoms with Crippen molar-refractivity contribution in [1.82, 2.24) is 9.96 Å². The number of nitrogens with zero attached hydrogens (tertiary/aromatic N) is 2. The lowest BCUT2D eigenvalue weighted by atomic mass is 9.88. The molecule has 0 bridgehead atoms. The van der Waals surface area contributed by atoms with Crippen LogP contribution in [0.2, 0.25) is 0 Å². The number of rotatable bonds is 3. The summed E-state index contributed by atoms with van der Waals surface area (Å²) in [6, 6.07) is 6.23. The molecule has 3 rings (SSSR count). The number of hydrogen-bond donors (Lipinski definition) is 1. The lowest BCUT2D eigenvalue weighted by Gasteiger charge is -2.46. The molecule has 0 saturated carbocycles. The van der Waals surface area contributed by atoms with Crippen LogP contribution in [0.4, 0.5) is 5.69 Å². The highest BCUT2D eigenvalue weighted by Crippen LogP contribution is 2.31. The van der Waals surface area contributed by atoms with Crippen molar-refractivity contribution in [1.29, 1.82) is 0 Å². The smallest absolute Gasteiger partial charge is 0.247 e. The summed E-state index contributed by atoms with van der Waals surface area (Å²) in [7, 11) is 3.75. The number of nitrogens with one attached hydrogen (secondary N) is 1. The highest BCUT2D eigenvalue weighted by molar-refractivity contribution is 5.98. The van der Waals surface area contributed by atoms with E-state index in [9.17, 15) is 4.79 Å². The Bertz CT molecular complexity index is 558. The van der Waals surface area contributed by atoms with Crippen LogP contribution >= 0.6 is 0 Å². The van der Waals surface area contributed by atoms with Crippen LogP contribution < -0.4 is 5.32 Å².